The van der Waals surface area contributed by atoms with E-state index in [2.05, 4.69) is 53.3 Å². The zero-order valence-corrected chi connectivity index (χ0v) is 19.2. The monoisotopic (exact) mass is 448 g/mol. The van der Waals surface area contributed by atoms with E-state index in [-0.39, 0.29) is 0 Å². The van der Waals surface area contributed by atoms with Gasteiger partial charge in [-0.2, -0.15) is 0 Å². The smallest absolute Gasteiger partial charge is 0.191 e. The first-order chi connectivity index (χ1) is 15.1. The number of thiazole rings is 1. The van der Waals surface area contributed by atoms with Gasteiger partial charge in [0.1, 0.15) is 17.4 Å². The van der Waals surface area contributed by atoms with Crippen molar-refractivity contribution in [3.05, 3.63) is 89.2 Å². The van der Waals surface area contributed by atoms with Crippen LogP contribution in [0.5, 0.6) is 5.75 Å². The summed E-state index contributed by atoms with van der Waals surface area (Å²) in [5, 5.41) is 12.7. The van der Waals surface area contributed by atoms with Gasteiger partial charge in [-0.3, -0.25) is 4.57 Å². The Morgan fingerprint density at radius 1 is 1.10 bits per heavy atom. The second kappa shape index (κ2) is 9.94. The molecule has 0 aliphatic rings. The van der Waals surface area contributed by atoms with E-state index in [4.69, 9.17) is 9.72 Å². The van der Waals surface area contributed by atoms with E-state index < -0.39 is 0 Å². The van der Waals surface area contributed by atoms with Crippen molar-refractivity contribution in [2.45, 2.75) is 37.9 Å². The van der Waals surface area contributed by atoms with Crippen LogP contribution in [0.2, 0.25) is 0 Å². The van der Waals surface area contributed by atoms with Gasteiger partial charge in [-0.25, -0.2) is 4.98 Å². The lowest BCUT2D eigenvalue weighted by Crippen LogP contribution is -2.07. The summed E-state index contributed by atoms with van der Waals surface area (Å²) in [5.41, 5.74) is 4.60. The largest absolute Gasteiger partial charge is 0.486 e. The Balaban J connectivity index is 1.43. The van der Waals surface area contributed by atoms with Gasteiger partial charge in [-0.1, -0.05) is 53.7 Å². The van der Waals surface area contributed by atoms with Crippen LogP contribution in [0.1, 0.15) is 22.6 Å². The first kappa shape index (κ1) is 21.3. The maximum Gasteiger partial charge on any atom is 0.191 e. The van der Waals surface area contributed by atoms with Crippen LogP contribution in [0, 0.1) is 13.8 Å². The Morgan fingerprint density at radius 3 is 2.68 bits per heavy atom. The van der Waals surface area contributed by atoms with Gasteiger partial charge in [0.25, 0.3) is 0 Å². The Kier molecular flexibility index (Phi) is 6.84. The highest BCUT2D eigenvalue weighted by atomic mass is 32.2. The number of ether oxygens (including phenoxy) is 1. The third-order valence-electron chi connectivity index (χ3n) is 4.63. The number of benzene rings is 2. The Bertz CT molecular complexity index is 1180. The molecule has 4 rings (SSSR count). The van der Waals surface area contributed by atoms with Crippen LogP contribution in [-0.4, -0.2) is 19.7 Å². The first-order valence-corrected chi connectivity index (χ1v) is 11.9. The quantitative estimate of drug-likeness (QED) is 0.230. The van der Waals surface area contributed by atoms with Crippen molar-refractivity contribution in [2.24, 2.45) is 0 Å². The molecule has 0 amide bonds. The highest BCUT2D eigenvalue weighted by molar-refractivity contribution is 7.98. The lowest BCUT2D eigenvalue weighted by atomic mass is 10.1. The topological polar surface area (TPSA) is 52.8 Å². The van der Waals surface area contributed by atoms with Gasteiger partial charge in [0, 0.05) is 23.2 Å². The molecule has 31 heavy (non-hydrogen) atoms. The van der Waals surface area contributed by atoms with Crippen LogP contribution in [0.4, 0.5) is 0 Å². The van der Waals surface area contributed by atoms with Crippen molar-refractivity contribution in [3.63, 3.8) is 0 Å². The third-order valence-corrected chi connectivity index (χ3v) is 6.57. The number of rotatable bonds is 9. The third kappa shape index (κ3) is 5.42. The minimum absolute atomic E-state index is 0.360. The van der Waals surface area contributed by atoms with Gasteiger partial charge in [0.2, 0.25) is 0 Å². The molecule has 0 saturated heterocycles. The maximum absolute atomic E-state index is 5.92. The molecule has 0 atom stereocenters. The highest BCUT2D eigenvalue weighted by Gasteiger charge is 2.14. The number of aromatic nitrogens is 4. The Labute approximate surface area is 190 Å². The zero-order chi connectivity index (χ0) is 21.6. The number of nitrogens with zero attached hydrogens (tertiary/aromatic N) is 4. The van der Waals surface area contributed by atoms with Crippen molar-refractivity contribution in [1.82, 2.24) is 19.7 Å². The van der Waals surface area contributed by atoms with Crippen LogP contribution < -0.4 is 4.74 Å². The molecule has 0 aliphatic carbocycles. The molecule has 2 aromatic heterocycles. The zero-order valence-electron chi connectivity index (χ0n) is 17.6. The summed E-state index contributed by atoms with van der Waals surface area (Å²) in [4.78, 5) is 4.80. The van der Waals surface area contributed by atoms with Crippen molar-refractivity contribution in [3.8, 4) is 16.3 Å². The number of hydrogen-bond acceptors (Lipinski definition) is 6. The Hall–Kier alpha value is -2.90. The van der Waals surface area contributed by atoms with Gasteiger partial charge in [0.05, 0.1) is 5.69 Å². The van der Waals surface area contributed by atoms with E-state index in [1.165, 1.54) is 5.56 Å². The van der Waals surface area contributed by atoms with E-state index in [9.17, 15) is 0 Å². The summed E-state index contributed by atoms with van der Waals surface area (Å²) in [6, 6.07) is 16.4. The van der Waals surface area contributed by atoms with E-state index in [1.807, 2.05) is 41.8 Å². The molecule has 2 heterocycles. The van der Waals surface area contributed by atoms with Crippen LogP contribution in [0.25, 0.3) is 10.6 Å². The fourth-order valence-electron chi connectivity index (χ4n) is 3.12. The molecule has 0 saturated carbocycles. The van der Waals surface area contributed by atoms with Gasteiger partial charge >= 0.3 is 0 Å². The number of allylic oxidation sites excluding steroid dienone is 1. The second-order valence-corrected chi connectivity index (χ2v) is 9.01. The molecule has 0 fully saturated rings. The molecule has 0 N–H and O–H groups in total. The molecule has 0 unspecified atom stereocenters. The normalized spacial score (nSPS) is 10.9. The summed E-state index contributed by atoms with van der Waals surface area (Å²) in [6.07, 6.45) is 1.85. The van der Waals surface area contributed by atoms with E-state index >= 15 is 0 Å². The van der Waals surface area contributed by atoms with E-state index in [1.54, 1.807) is 23.1 Å². The lowest BCUT2D eigenvalue weighted by Gasteiger charge is -2.09. The number of aryl methyl sites for hydroxylation is 2. The fraction of sp³-hybridized carbons (Fsp3) is 0.208. The van der Waals surface area contributed by atoms with E-state index in [0.29, 0.717) is 13.2 Å². The summed E-state index contributed by atoms with van der Waals surface area (Å²) in [6.45, 7) is 9.01. The van der Waals surface area contributed by atoms with Crippen LogP contribution in [0.3, 0.4) is 0 Å². The predicted molar refractivity (Wildman–Crippen MR) is 128 cm³/mol. The molecular formula is C24H24N4OS2. The molecule has 0 aliphatic heterocycles. The molecule has 0 radical (unpaired) electrons. The van der Waals surface area contributed by atoms with Crippen molar-refractivity contribution in [2.75, 3.05) is 0 Å². The number of hydrogen-bond donors (Lipinski definition) is 0. The predicted octanol–water partition coefficient (Wildman–Crippen LogP) is 6.08. The van der Waals surface area contributed by atoms with Gasteiger partial charge < -0.3 is 4.74 Å². The van der Waals surface area contributed by atoms with Gasteiger partial charge in [0.15, 0.2) is 11.0 Å². The van der Waals surface area contributed by atoms with Crippen molar-refractivity contribution in [1.29, 1.82) is 0 Å². The van der Waals surface area contributed by atoms with Crippen molar-refractivity contribution < 1.29 is 4.74 Å². The summed E-state index contributed by atoms with van der Waals surface area (Å²) >= 11 is 3.30. The highest BCUT2D eigenvalue weighted by Crippen LogP contribution is 2.28. The Morgan fingerprint density at radius 2 is 1.90 bits per heavy atom. The molecule has 5 nitrogen and oxygen atoms in total. The first-order valence-electron chi connectivity index (χ1n) is 9.99. The summed E-state index contributed by atoms with van der Waals surface area (Å²) in [5.74, 6) is 2.34. The minimum Gasteiger partial charge on any atom is -0.486 e. The molecule has 7 heteroatoms. The van der Waals surface area contributed by atoms with Crippen LogP contribution >= 0.6 is 23.1 Å². The van der Waals surface area contributed by atoms with Crippen LogP contribution in [-0.2, 0) is 18.9 Å². The molecule has 4 aromatic rings. The molecule has 2 aromatic carbocycles. The minimum atomic E-state index is 0.360. The van der Waals surface area contributed by atoms with Gasteiger partial charge in [-0.05, 0) is 37.6 Å². The molecular weight excluding hydrogens is 424 g/mol. The molecule has 0 spiro atoms. The van der Waals surface area contributed by atoms with Crippen molar-refractivity contribution >= 4 is 23.1 Å². The standard InChI is InChI=1S/C24H24N4OS2/c1-4-11-28-22(14-29-21-10-6-8-18(3)13-21)26-27-24(28)31-16-20-15-30-23(25-20)19-9-5-7-17(2)12-19/h4-10,12-13,15H,1,11,14,16H2,2-3H3. The number of thioether (sulfide) groups is 1. The fourth-order valence-corrected chi connectivity index (χ4v) is 4.90. The SMILES string of the molecule is C=CCn1c(COc2cccc(C)c2)nnc1SCc1csc(-c2cccc(C)c2)n1. The summed E-state index contributed by atoms with van der Waals surface area (Å²) in [7, 11) is 0. The van der Waals surface area contributed by atoms with Gasteiger partial charge in [-0.15, -0.1) is 28.1 Å². The second-order valence-electron chi connectivity index (χ2n) is 7.21. The van der Waals surface area contributed by atoms with E-state index in [0.717, 1.165) is 44.3 Å². The molecule has 158 valence electrons. The average Bonchev–Trinajstić information content (AvgIpc) is 3.38. The lowest BCUT2D eigenvalue weighted by molar-refractivity contribution is 0.289. The summed E-state index contributed by atoms with van der Waals surface area (Å²) < 4.78 is 7.96. The van der Waals surface area contributed by atoms with Crippen LogP contribution in [0.15, 0.2) is 71.7 Å². The molecule has 0 bridgehead atoms. The maximum atomic E-state index is 5.92. The average molecular weight is 449 g/mol.